The predicted molar refractivity (Wildman–Crippen MR) is 60.8 cm³/mol. The van der Waals surface area contributed by atoms with Crippen molar-refractivity contribution in [1.29, 1.82) is 0 Å². The number of anilines is 1. The first-order valence-electron chi connectivity index (χ1n) is 4.46. The van der Waals surface area contributed by atoms with Gasteiger partial charge in [0.05, 0.1) is 4.90 Å². The second-order valence-electron chi connectivity index (χ2n) is 3.21. The van der Waals surface area contributed by atoms with E-state index in [4.69, 9.17) is 5.73 Å². The number of nitrogen functional groups attached to an aromatic ring is 1. The summed E-state index contributed by atoms with van der Waals surface area (Å²) in [5, 5.41) is 0. The second-order valence-corrected chi connectivity index (χ2v) is 4.93. The van der Waals surface area contributed by atoms with Gasteiger partial charge in [-0.1, -0.05) is 6.08 Å². The van der Waals surface area contributed by atoms with Gasteiger partial charge in [0.25, 0.3) is 0 Å². The smallest absolute Gasteiger partial charge is 0.241 e. The summed E-state index contributed by atoms with van der Waals surface area (Å²) in [5.74, 6) is 0. The summed E-state index contributed by atoms with van der Waals surface area (Å²) < 4.78 is 25.9. The number of hydrogen-bond donors (Lipinski definition) is 2. The molecule has 0 aromatic heterocycles. The van der Waals surface area contributed by atoms with Crippen molar-refractivity contribution in [3.63, 3.8) is 0 Å². The summed E-state index contributed by atoms with van der Waals surface area (Å²) >= 11 is 0. The summed E-state index contributed by atoms with van der Waals surface area (Å²) in [6.07, 6.45) is 1.52. The topological polar surface area (TPSA) is 72.2 Å². The normalized spacial score (nSPS) is 13.4. The summed E-state index contributed by atoms with van der Waals surface area (Å²) in [4.78, 5) is 0.199. The number of hydrogen-bond acceptors (Lipinski definition) is 3. The highest BCUT2D eigenvalue weighted by Gasteiger charge is 2.14. The molecule has 0 amide bonds. The Morgan fingerprint density at radius 1 is 1.40 bits per heavy atom. The van der Waals surface area contributed by atoms with Crippen molar-refractivity contribution in [2.75, 3.05) is 5.73 Å². The SMILES string of the molecule is C=CC(C)NS(=O)(=O)c1ccc(N)cc1. The van der Waals surface area contributed by atoms with E-state index in [0.717, 1.165) is 0 Å². The van der Waals surface area contributed by atoms with E-state index in [1.54, 1.807) is 19.1 Å². The van der Waals surface area contributed by atoms with Crippen LogP contribution in [-0.2, 0) is 10.0 Å². The van der Waals surface area contributed by atoms with Crippen molar-refractivity contribution in [1.82, 2.24) is 4.72 Å². The highest BCUT2D eigenvalue weighted by molar-refractivity contribution is 7.89. The van der Waals surface area contributed by atoms with Crippen LogP contribution < -0.4 is 10.5 Å². The fourth-order valence-electron chi connectivity index (χ4n) is 1.01. The van der Waals surface area contributed by atoms with Gasteiger partial charge < -0.3 is 5.73 Å². The molecule has 0 spiro atoms. The third kappa shape index (κ3) is 3.07. The molecule has 0 heterocycles. The molecule has 82 valence electrons. The lowest BCUT2D eigenvalue weighted by Crippen LogP contribution is -2.30. The largest absolute Gasteiger partial charge is 0.399 e. The molecule has 0 aliphatic rings. The molecule has 1 atom stereocenters. The van der Waals surface area contributed by atoms with E-state index in [-0.39, 0.29) is 10.9 Å². The summed E-state index contributed by atoms with van der Waals surface area (Å²) in [6.45, 7) is 5.22. The Hall–Kier alpha value is -1.33. The maximum absolute atomic E-state index is 11.7. The first-order valence-corrected chi connectivity index (χ1v) is 5.94. The fraction of sp³-hybridized carbons (Fsp3) is 0.200. The number of rotatable bonds is 4. The van der Waals surface area contributed by atoms with Crippen molar-refractivity contribution in [2.45, 2.75) is 17.9 Å². The molecule has 0 aliphatic carbocycles. The van der Waals surface area contributed by atoms with Crippen LogP contribution in [0.5, 0.6) is 0 Å². The van der Waals surface area contributed by atoms with Crippen LogP contribution in [0.2, 0.25) is 0 Å². The Labute approximate surface area is 89.9 Å². The zero-order chi connectivity index (χ0) is 11.5. The maximum atomic E-state index is 11.7. The first kappa shape index (κ1) is 11.7. The lowest BCUT2D eigenvalue weighted by atomic mass is 10.3. The van der Waals surface area contributed by atoms with Crippen molar-refractivity contribution in [3.05, 3.63) is 36.9 Å². The lowest BCUT2D eigenvalue weighted by molar-refractivity contribution is 0.576. The van der Waals surface area contributed by atoms with Crippen LogP contribution in [0.15, 0.2) is 41.8 Å². The molecule has 4 nitrogen and oxygen atoms in total. The van der Waals surface area contributed by atoms with Gasteiger partial charge in [-0.25, -0.2) is 13.1 Å². The van der Waals surface area contributed by atoms with Gasteiger partial charge in [-0.2, -0.15) is 0 Å². The van der Waals surface area contributed by atoms with Crippen molar-refractivity contribution in [3.8, 4) is 0 Å². The van der Waals surface area contributed by atoms with Crippen LogP contribution in [0.1, 0.15) is 6.92 Å². The van der Waals surface area contributed by atoms with Crippen LogP contribution in [0.3, 0.4) is 0 Å². The molecule has 0 radical (unpaired) electrons. The standard InChI is InChI=1S/C10H14N2O2S/c1-3-8(2)12-15(13,14)10-6-4-9(11)5-7-10/h3-8,12H,1,11H2,2H3. The molecule has 1 aromatic rings. The van der Waals surface area contributed by atoms with E-state index in [9.17, 15) is 8.42 Å². The van der Waals surface area contributed by atoms with Crippen molar-refractivity contribution in [2.24, 2.45) is 0 Å². The minimum Gasteiger partial charge on any atom is -0.399 e. The molecule has 1 unspecified atom stereocenters. The Morgan fingerprint density at radius 2 is 1.93 bits per heavy atom. The van der Waals surface area contributed by atoms with E-state index >= 15 is 0 Å². The Balaban J connectivity index is 2.96. The average Bonchev–Trinajstić information content (AvgIpc) is 2.17. The molecule has 15 heavy (non-hydrogen) atoms. The predicted octanol–water partition coefficient (Wildman–Crippen LogP) is 1.12. The van der Waals surface area contributed by atoms with Gasteiger partial charge in [-0.05, 0) is 31.2 Å². The van der Waals surface area contributed by atoms with Crippen LogP contribution in [0, 0.1) is 0 Å². The number of nitrogens with one attached hydrogen (secondary N) is 1. The van der Waals surface area contributed by atoms with Crippen LogP contribution in [0.25, 0.3) is 0 Å². The third-order valence-corrected chi connectivity index (χ3v) is 3.46. The summed E-state index contributed by atoms with van der Waals surface area (Å²) in [7, 11) is -3.47. The molecule has 0 fully saturated rings. The molecule has 0 aliphatic heterocycles. The Morgan fingerprint density at radius 3 is 2.40 bits per heavy atom. The van der Waals surface area contributed by atoms with E-state index in [0.29, 0.717) is 5.69 Å². The van der Waals surface area contributed by atoms with Gasteiger partial charge in [0.2, 0.25) is 10.0 Å². The zero-order valence-corrected chi connectivity index (χ0v) is 9.29. The van der Waals surface area contributed by atoms with E-state index in [1.165, 1.54) is 18.2 Å². The molecule has 0 saturated heterocycles. The molecule has 0 bridgehead atoms. The van der Waals surface area contributed by atoms with Gasteiger partial charge in [0.15, 0.2) is 0 Å². The van der Waals surface area contributed by atoms with Crippen LogP contribution in [0.4, 0.5) is 5.69 Å². The minimum absolute atomic E-state index is 0.199. The van der Waals surface area contributed by atoms with Gasteiger partial charge in [0.1, 0.15) is 0 Å². The second kappa shape index (κ2) is 4.46. The third-order valence-electron chi connectivity index (χ3n) is 1.88. The summed E-state index contributed by atoms with van der Waals surface area (Å²) in [5.41, 5.74) is 6.00. The van der Waals surface area contributed by atoms with E-state index in [2.05, 4.69) is 11.3 Å². The van der Waals surface area contributed by atoms with Crippen molar-refractivity contribution < 1.29 is 8.42 Å². The number of sulfonamides is 1. The molecule has 5 heteroatoms. The zero-order valence-electron chi connectivity index (χ0n) is 8.47. The highest BCUT2D eigenvalue weighted by Crippen LogP contribution is 2.11. The lowest BCUT2D eigenvalue weighted by Gasteiger charge is -2.10. The van der Waals surface area contributed by atoms with E-state index in [1.807, 2.05) is 0 Å². The van der Waals surface area contributed by atoms with Gasteiger partial charge in [-0.3, -0.25) is 0 Å². The minimum atomic E-state index is -3.47. The first-order chi connectivity index (χ1) is 6.95. The van der Waals surface area contributed by atoms with Crippen LogP contribution >= 0.6 is 0 Å². The molecule has 1 aromatic carbocycles. The number of benzene rings is 1. The van der Waals surface area contributed by atoms with Gasteiger partial charge in [-0.15, -0.1) is 6.58 Å². The van der Waals surface area contributed by atoms with E-state index < -0.39 is 10.0 Å². The van der Waals surface area contributed by atoms with Gasteiger partial charge >= 0.3 is 0 Å². The molecular weight excluding hydrogens is 212 g/mol. The molecule has 3 N–H and O–H groups in total. The number of nitrogens with two attached hydrogens (primary N) is 1. The molecule has 1 rings (SSSR count). The van der Waals surface area contributed by atoms with Crippen molar-refractivity contribution >= 4 is 15.7 Å². The monoisotopic (exact) mass is 226 g/mol. The van der Waals surface area contributed by atoms with Gasteiger partial charge in [0, 0.05) is 11.7 Å². The highest BCUT2D eigenvalue weighted by atomic mass is 32.2. The quantitative estimate of drug-likeness (QED) is 0.597. The fourth-order valence-corrected chi connectivity index (χ4v) is 2.22. The molecular formula is C10H14N2O2S. The Kier molecular flexibility index (Phi) is 3.49. The average molecular weight is 226 g/mol. The maximum Gasteiger partial charge on any atom is 0.241 e. The van der Waals surface area contributed by atoms with Crippen LogP contribution in [-0.4, -0.2) is 14.5 Å². The summed E-state index contributed by atoms with van der Waals surface area (Å²) in [6, 6.07) is 5.73. The molecule has 0 saturated carbocycles. The Bertz CT molecular complexity index is 437.